The van der Waals surface area contributed by atoms with Gasteiger partial charge in [0.2, 0.25) is 0 Å². The summed E-state index contributed by atoms with van der Waals surface area (Å²) in [5, 5.41) is 1.93. The molecule has 0 unspecified atom stereocenters. The minimum absolute atomic E-state index is 0.190. The first-order valence-corrected chi connectivity index (χ1v) is 9.66. The van der Waals surface area contributed by atoms with Crippen LogP contribution in [0.1, 0.15) is 25.6 Å². The number of methoxy groups -OCH3 is 1. The number of allylic oxidation sites excluding steroid dienone is 1. The molecule has 3 rings (SSSR count). The van der Waals surface area contributed by atoms with Crippen LogP contribution in [-0.2, 0) is 0 Å². The molecule has 27 heavy (non-hydrogen) atoms. The number of thiophene rings is 1. The fraction of sp³-hybridized carbons (Fsp3) is 0.0476. The van der Waals surface area contributed by atoms with E-state index in [2.05, 4.69) is 15.9 Å². The lowest BCUT2D eigenvalue weighted by Gasteiger charge is -2.11. The highest BCUT2D eigenvalue weighted by atomic mass is 79.9. The number of ether oxygens (including phenoxy) is 2. The van der Waals surface area contributed by atoms with Crippen LogP contribution in [0.5, 0.6) is 11.5 Å². The van der Waals surface area contributed by atoms with Crippen molar-refractivity contribution in [3.8, 4) is 11.5 Å². The Morgan fingerprint density at radius 3 is 2.56 bits per heavy atom. The molecule has 0 saturated heterocycles. The Hall–Kier alpha value is -2.70. The van der Waals surface area contributed by atoms with Crippen molar-refractivity contribution < 1.29 is 19.1 Å². The van der Waals surface area contributed by atoms with E-state index in [9.17, 15) is 9.59 Å². The molecule has 4 nitrogen and oxygen atoms in total. The number of para-hydroxylation sites is 1. The second kappa shape index (κ2) is 8.79. The van der Waals surface area contributed by atoms with Crippen LogP contribution in [-0.4, -0.2) is 18.9 Å². The first-order chi connectivity index (χ1) is 13.1. The number of esters is 1. The van der Waals surface area contributed by atoms with Crippen LogP contribution in [0.2, 0.25) is 0 Å². The van der Waals surface area contributed by atoms with E-state index in [0.717, 1.165) is 4.88 Å². The first-order valence-electron chi connectivity index (χ1n) is 7.99. The van der Waals surface area contributed by atoms with Gasteiger partial charge in [-0.15, -0.1) is 11.3 Å². The molecular weight excluding hydrogens is 428 g/mol. The van der Waals surface area contributed by atoms with Crippen LogP contribution >= 0.6 is 27.3 Å². The molecule has 0 aliphatic carbocycles. The van der Waals surface area contributed by atoms with Gasteiger partial charge in [0, 0.05) is 9.35 Å². The zero-order valence-corrected chi connectivity index (χ0v) is 16.7. The van der Waals surface area contributed by atoms with Crippen molar-refractivity contribution in [3.63, 3.8) is 0 Å². The highest BCUT2D eigenvalue weighted by Crippen LogP contribution is 2.27. The summed E-state index contributed by atoms with van der Waals surface area (Å²) in [7, 11) is 1.48. The van der Waals surface area contributed by atoms with Gasteiger partial charge >= 0.3 is 5.97 Å². The van der Waals surface area contributed by atoms with E-state index in [4.69, 9.17) is 9.47 Å². The zero-order valence-electron chi connectivity index (χ0n) is 14.3. The Labute approximate surface area is 169 Å². The van der Waals surface area contributed by atoms with E-state index in [1.807, 2.05) is 17.5 Å². The van der Waals surface area contributed by atoms with E-state index in [1.165, 1.54) is 24.5 Å². The fourth-order valence-electron chi connectivity index (χ4n) is 2.39. The van der Waals surface area contributed by atoms with Gasteiger partial charge < -0.3 is 9.47 Å². The van der Waals surface area contributed by atoms with Crippen LogP contribution in [0.25, 0.3) is 6.08 Å². The third-order valence-corrected chi connectivity index (χ3v) is 5.01. The number of rotatable bonds is 6. The summed E-state index contributed by atoms with van der Waals surface area (Å²) in [6.07, 6.45) is 3.20. The number of halogens is 1. The third-order valence-electron chi connectivity index (χ3n) is 3.68. The van der Waals surface area contributed by atoms with Crippen molar-refractivity contribution in [2.45, 2.75) is 0 Å². The maximum atomic E-state index is 12.6. The van der Waals surface area contributed by atoms with Gasteiger partial charge in [0.15, 0.2) is 5.78 Å². The van der Waals surface area contributed by atoms with Crippen molar-refractivity contribution in [3.05, 3.63) is 86.5 Å². The van der Waals surface area contributed by atoms with Crippen molar-refractivity contribution in [1.82, 2.24) is 0 Å². The summed E-state index contributed by atoms with van der Waals surface area (Å²) < 4.78 is 11.4. The number of carbonyl (C=O) groups excluding carboxylic acids is 2. The summed E-state index contributed by atoms with van der Waals surface area (Å²) in [6, 6.07) is 15.5. The normalized spacial score (nSPS) is 10.7. The number of benzene rings is 2. The Morgan fingerprint density at radius 2 is 1.81 bits per heavy atom. The minimum atomic E-state index is -0.592. The number of ketones is 1. The summed E-state index contributed by atoms with van der Waals surface area (Å²) >= 11 is 4.89. The third kappa shape index (κ3) is 4.72. The van der Waals surface area contributed by atoms with E-state index in [1.54, 1.807) is 48.5 Å². The fourth-order valence-corrected chi connectivity index (χ4v) is 3.36. The first kappa shape index (κ1) is 19.1. The summed E-state index contributed by atoms with van der Waals surface area (Å²) in [6.45, 7) is 0. The van der Waals surface area contributed by atoms with E-state index < -0.39 is 5.97 Å². The Morgan fingerprint density at radius 1 is 1.00 bits per heavy atom. The monoisotopic (exact) mass is 442 g/mol. The Kier molecular flexibility index (Phi) is 6.21. The molecule has 0 amide bonds. The molecule has 1 aromatic heterocycles. The van der Waals surface area contributed by atoms with Gasteiger partial charge in [0.05, 0.1) is 12.7 Å². The molecule has 0 aliphatic heterocycles. The van der Waals surface area contributed by atoms with Crippen molar-refractivity contribution in [1.29, 1.82) is 0 Å². The molecule has 136 valence electrons. The highest BCUT2D eigenvalue weighted by molar-refractivity contribution is 9.10. The van der Waals surface area contributed by atoms with E-state index in [-0.39, 0.29) is 17.1 Å². The SMILES string of the molecule is COc1ccccc1C(=O)Oc1ccc(Br)cc1C(=O)C=Cc1cccs1. The van der Waals surface area contributed by atoms with Gasteiger partial charge in [0.1, 0.15) is 17.1 Å². The quantitative estimate of drug-likeness (QED) is 0.214. The number of carbonyl (C=O) groups is 2. The standard InChI is InChI=1S/C21H15BrO4S/c1-25-19-7-3-2-6-16(19)21(24)26-20-11-8-14(22)13-17(20)18(23)10-9-15-5-4-12-27-15/h2-13H,1H3. The Balaban J connectivity index is 1.88. The minimum Gasteiger partial charge on any atom is -0.496 e. The molecule has 0 spiro atoms. The largest absolute Gasteiger partial charge is 0.496 e. The molecule has 0 atom stereocenters. The molecule has 2 aromatic carbocycles. The lowest BCUT2D eigenvalue weighted by Crippen LogP contribution is -2.12. The molecule has 0 radical (unpaired) electrons. The molecular formula is C21H15BrO4S. The number of hydrogen-bond acceptors (Lipinski definition) is 5. The average Bonchev–Trinajstić information content (AvgIpc) is 3.21. The van der Waals surface area contributed by atoms with E-state index in [0.29, 0.717) is 15.8 Å². The van der Waals surface area contributed by atoms with Gasteiger partial charge in [-0.3, -0.25) is 4.79 Å². The van der Waals surface area contributed by atoms with Gasteiger partial charge in [-0.2, -0.15) is 0 Å². The predicted octanol–water partition coefficient (Wildman–Crippen LogP) is 5.63. The molecule has 6 heteroatoms. The molecule has 1 heterocycles. The summed E-state index contributed by atoms with van der Waals surface area (Å²) in [4.78, 5) is 26.2. The molecule has 0 fully saturated rings. The maximum absolute atomic E-state index is 12.6. The second-order valence-corrected chi connectivity index (χ2v) is 7.34. The summed E-state index contributed by atoms with van der Waals surface area (Å²) in [5.74, 6) is -0.251. The van der Waals surface area contributed by atoms with E-state index >= 15 is 0 Å². The molecule has 0 N–H and O–H groups in total. The van der Waals surface area contributed by atoms with Crippen molar-refractivity contribution in [2.75, 3.05) is 7.11 Å². The van der Waals surface area contributed by atoms with Gasteiger partial charge in [-0.1, -0.05) is 34.1 Å². The lowest BCUT2D eigenvalue weighted by atomic mass is 10.1. The van der Waals surface area contributed by atoms with Crippen LogP contribution in [0, 0.1) is 0 Å². The lowest BCUT2D eigenvalue weighted by molar-refractivity contribution is 0.0729. The highest BCUT2D eigenvalue weighted by Gasteiger charge is 2.18. The molecule has 3 aromatic rings. The zero-order chi connectivity index (χ0) is 19.2. The van der Waals surface area contributed by atoms with Crippen LogP contribution in [0.15, 0.2) is 70.5 Å². The predicted molar refractivity (Wildman–Crippen MR) is 110 cm³/mol. The topological polar surface area (TPSA) is 52.6 Å². The Bertz CT molecular complexity index is 993. The van der Waals surface area contributed by atoms with Gasteiger partial charge in [-0.25, -0.2) is 4.79 Å². The van der Waals surface area contributed by atoms with Crippen LogP contribution in [0.3, 0.4) is 0 Å². The number of hydrogen-bond donors (Lipinski definition) is 0. The van der Waals surface area contributed by atoms with Crippen molar-refractivity contribution in [2.24, 2.45) is 0 Å². The second-order valence-electron chi connectivity index (χ2n) is 5.44. The van der Waals surface area contributed by atoms with Crippen LogP contribution < -0.4 is 9.47 Å². The van der Waals surface area contributed by atoms with Gasteiger partial charge in [0.25, 0.3) is 0 Å². The maximum Gasteiger partial charge on any atom is 0.347 e. The summed E-state index contributed by atoms with van der Waals surface area (Å²) in [5.41, 5.74) is 0.580. The molecule has 0 saturated carbocycles. The molecule has 0 bridgehead atoms. The van der Waals surface area contributed by atoms with Crippen LogP contribution in [0.4, 0.5) is 0 Å². The van der Waals surface area contributed by atoms with Gasteiger partial charge in [-0.05, 0) is 53.9 Å². The van der Waals surface area contributed by atoms with Crippen molar-refractivity contribution >= 4 is 45.1 Å². The molecule has 0 aliphatic rings. The smallest absolute Gasteiger partial charge is 0.347 e. The average molecular weight is 443 g/mol.